The summed E-state index contributed by atoms with van der Waals surface area (Å²) in [6, 6.07) is 1.86. The van der Waals surface area contributed by atoms with E-state index in [0.717, 1.165) is 24.2 Å². The van der Waals surface area contributed by atoms with Crippen molar-refractivity contribution in [2.75, 3.05) is 5.32 Å². The lowest BCUT2D eigenvalue weighted by molar-refractivity contribution is -0.0560. The summed E-state index contributed by atoms with van der Waals surface area (Å²) in [5, 5.41) is 8.18. The third-order valence-corrected chi connectivity index (χ3v) is 5.88. The monoisotopic (exact) mass is 296 g/mol. The van der Waals surface area contributed by atoms with Gasteiger partial charge in [0.15, 0.2) is 0 Å². The first-order valence-corrected chi connectivity index (χ1v) is 8.16. The summed E-state index contributed by atoms with van der Waals surface area (Å²) in [6.07, 6.45) is 14.6. The van der Waals surface area contributed by atoms with Crippen LogP contribution in [0.1, 0.15) is 38.5 Å². The van der Waals surface area contributed by atoms with Gasteiger partial charge in [0, 0.05) is 17.9 Å². The van der Waals surface area contributed by atoms with E-state index in [0.29, 0.717) is 0 Å². The summed E-state index contributed by atoms with van der Waals surface area (Å²) in [7, 11) is 0. The lowest BCUT2D eigenvalue weighted by atomic mass is 9.50. The molecule has 4 aliphatic rings. The molecular formula is C16H20N6. The van der Waals surface area contributed by atoms with Crippen LogP contribution in [0.3, 0.4) is 0 Å². The van der Waals surface area contributed by atoms with Crippen molar-refractivity contribution in [3.8, 4) is 0 Å². The topological polar surface area (TPSA) is 68.5 Å². The molecule has 2 unspecified atom stereocenters. The van der Waals surface area contributed by atoms with Crippen molar-refractivity contribution in [1.82, 2.24) is 24.7 Å². The molecule has 6 heteroatoms. The average Bonchev–Trinajstić information content (AvgIpc) is 3.01. The Labute approximate surface area is 129 Å². The lowest BCUT2D eigenvalue weighted by Crippen LogP contribution is -2.62. The smallest absolute Gasteiger partial charge is 0.223 e. The van der Waals surface area contributed by atoms with E-state index in [-0.39, 0.29) is 11.1 Å². The molecule has 0 radical (unpaired) electrons. The normalized spacial score (nSPS) is 39.1. The van der Waals surface area contributed by atoms with Gasteiger partial charge in [-0.2, -0.15) is 5.10 Å². The first-order chi connectivity index (χ1) is 10.8. The van der Waals surface area contributed by atoms with E-state index < -0.39 is 0 Å². The molecule has 0 aromatic carbocycles. The molecule has 4 saturated carbocycles. The quantitative estimate of drug-likeness (QED) is 0.940. The van der Waals surface area contributed by atoms with Gasteiger partial charge in [0.25, 0.3) is 0 Å². The van der Waals surface area contributed by atoms with E-state index in [1.165, 1.54) is 32.1 Å². The first-order valence-electron chi connectivity index (χ1n) is 8.16. The Hall–Kier alpha value is -1.98. The van der Waals surface area contributed by atoms with Crippen molar-refractivity contribution in [3.63, 3.8) is 0 Å². The van der Waals surface area contributed by atoms with E-state index in [2.05, 4.69) is 30.0 Å². The molecular weight excluding hydrogens is 276 g/mol. The van der Waals surface area contributed by atoms with Crippen LogP contribution in [0.5, 0.6) is 0 Å². The van der Waals surface area contributed by atoms with Crippen LogP contribution in [0, 0.1) is 11.8 Å². The van der Waals surface area contributed by atoms with Crippen LogP contribution < -0.4 is 5.32 Å². The minimum absolute atomic E-state index is 0.122. The van der Waals surface area contributed by atoms with Crippen LogP contribution in [0.25, 0.3) is 0 Å². The molecule has 1 N–H and O–H groups in total. The molecule has 0 saturated heterocycles. The summed E-state index contributed by atoms with van der Waals surface area (Å²) in [5.41, 5.74) is 0.264. The second kappa shape index (κ2) is 4.27. The number of nitrogens with one attached hydrogen (secondary N) is 1. The SMILES string of the molecule is c1cnc(NC23C[C@H]4C[C@@H](C2)CC(n2cncn2)(C4)C3)nc1. The fraction of sp³-hybridized carbons (Fsp3) is 0.625. The Bertz CT molecular complexity index is 653. The van der Waals surface area contributed by atoms with Gasteiger partial charge >= 0.3 is 0 Å². The maximum absolute atomic E-state index is 4.49. The van der Waals surface area contributed by atoms with Gasteiger partial charge in [-0.05, 0) is 56.4 Å². The van der Waals surface area contributed by atoms with Crippen molar-refractivity contribution in [2.45, 2.75) is 49.6 Å². The number of rotatable bonds is 3. The van der Waals surface area contributed by atoms with Gasteiger partial charge in [-0.3, -0.25) is 0 Å². The van der Waals surface area contributed by atoms with E-state index >= 15 is 0 Å². The molecule has 2 aromatic rings. The van der Waals surface area contributed by atoms with Gasteiger partial charge in [0.1, 0.15) is 12.7 Å². The Kier molecular flexibility index (Phi) is 2.44. The van der Waals surface area contributed by atoms with Crippen molar-refractivity contribution in [3.05, 3.63) is 31.1 Å². The van der Waals surface area contributed by atoms with Crippen LogP contribution in [-0.4, -0.2) is 30.3 Å². The highest BCUT2D eigenvalue weighted by Gasteiger charge is 2.59. The average molecular weight is 296 g/mol. The third kappa shape index (κ3) is 1.79. The Morgan fingerprint density at radius 2 is 1.86 bits per heavy atom. The predicted octanol–water partition coefficient (Wildman–Crippen LogP) is 2.23. The van der Waals surface area contributed by atoms with Gasteiger partial charge in [0.05, 0.1) is 5.54 Å². The Balaban J connectivity index is 1.52. The molecule has 4 fully saturated rings. The van der Waals surface area contributed by atoms with Crippen LogP contribution >= 0.6 is 0 Å². The molecule has 6 rings (SSSR count). The predicted molar refractivity (Wildman–Crippen MR) is 81.1 cm³/mol. The molecule has 0 amide bonds. The van der Waals surface area contributed by atoms with E-state index in [4.69, 9.17) is 0 Å². The van der Waals surface area contributed by atoms with Gasteiger partial charge in [-0.1, -0.05) is 0 Å². The molecule has 114 valence electrons. The number of aromatic nitrogens is 5. The van der Waals surface area contributed by atoms with Gasteiger partial charge in [0.2, 0.25) is 5.95 Å². The molecule has 4 bridgehead atoms. The molecule has 0 aliphatic heterocycles. The molecule has 4 atom stereocenters. The molecule has 22 heavy (non-hydrogen) atoms. The van der Waals surface area contributed by atoms with Gasteiger partial charge < -0.3 is 5.32 Å². The fourth-order valence-corrected chi connectivity index (χ4v) is 5.68. The van der Waals surface area contributed by atoms with Crippen molar-refractivity contribution < 1.29 is 0 Å². The summed E-state index contributed by atoms with van der Waals surface area (Å²) >= 11 is 0. The van der Waals surface area contributed by atoms with Crippen LogP contribution in [0.2, 0.25) is 0 Å². The fourth-order valence-electron chi connectivity index (χ4n) is 5.68. The van der Waals surface area contributed by atoms with Gasteiger partial charge in [-0.15, -0.1) is 0 Å². The molecule has 4 aliphatic carbocycles. The second-order valence-corrected chi connectivity index (χ2v) is 7.50. The van der Waals surface area contributed by atoms with Crippen molar-refractivity contribution in [2.24, 2.45) is 11.8 Å². The Morgan fingerprint density at radius 1 is 1.09 bits per heavy atom. The zero-order chi connectivity index (χ0) is 14.6. The van der Waals surface area contributed by atoms with Crippen LogP contribution in [-0.2, 0) is 5.54 Å². The number of hydrogen-bond donors (Lipinski definition) is 1. The number of hydrogen-bond acceptors (Lipinski definition) is 5. The maximum Gasteiger partial charge on any atom is 0.223 e. The largest absolute Gasteiger partial charge is 0.349 e. The zero-order valence-electron chi connectivity index (χ0n) is 12.5. The highest BCUT2D eigenvalue weighted by molar-refractivity contribution is 5.32. The van der Waals surface area contributed by atoms with E-state index in [1.54, 1.807) is 6.33 Å². The molecule has 6 nitrogen and oxygen atoms in total. The van der Waals surface area contributed by atoms with E-state index in [9.17, 15) is 0 Å². The summed E-state index contributed by atoms with van der Waals surface area (Å²) in [4.78, 5) is 13.0. The molecule has 0 spiro atoms. The van der Waals surface area contributed by atoms with Crippen LogP contribution in [0.15, 0.2) is 31.1 Å². The van der Waals surface area contributed by atoms with Crippen LogP contribution in [0.4, 0.5) is 5.95 Å². The highest BCUT2D eigenvalue weighted by atomic mass is 15.4. The summed E-state index contributed by atoms with van der Waals surface area (Å²) in [5.74, 6) is 2.32. The Morgan fingerprint density at radius 3 is 2.55 bits per heavy atom. The number of nitrogens with zero attached hydrogens (tertiary/aromatic N) is 5. The van der Waals surface area contributed by atoms with Crippen molar-refractivity contribution in [1.29, 1.82) is 0 Å². The minimum atomic E-state index is 0.122. The molecule has 2 aromatic heterocycles. The summed E-state index contributed by atoms with van der Waals surface area (Å²) in [6.45, 7) is 0. The van der Waals surface area contributed by atoms with E-state index in [1.807, 2.05) is 24.8 Å². The lowest BCUT2D eigenvalue weighted by Gasteiger charge is -2.61. The third-order valence-electron chi connectivity index (χ3n) is 5.88. The maximum atomic E-state index is 4.49. The minimum Gasteiger partial charge on any atom is -0.349 e. The molecule has 2 heterocycles. The zero-order valence-corrected chi connectivity index (χ0v) is 12.5. The highest BCUT2D eigenvalue weighted by Crippen LogP contribution is 2.60. The number of anilines is 1. The van der Waals surface area contributed by atoms with Crippen molar-refractivity contribution >= 4 is 5.95 Å². The second-order valence-electron chi connectivity index (χ2n) is 7.50. The summed E-state index contributed by atoms with van der Waals surface area (Å²) < 4.78 is 2.13. The standard InChI is InChI=1S/C16H20N6/c1-2-18-14(19-3-1)21-15-5-12-4-13(6-15)8-16(7-12,9-15)22-11-17-10-20-22/h1-3,10-13H,4-9H2,(H,18,19,21)/t12-,13+,15?,16?. The van der Waals surface area contributed by atoms with Gasteiger partial charge in [-0.25, -0.2) is 19.6 Å². The first kappa shape index (κ1) is 12.6.